The van der Waals surface area contributed by atoms with E-state index < -0.39 is 23.4 Å². The zero-order valence-electron chi connectivity index (χ0n) is 12.3. The van der Waals surface area contributed by atoms with E-state index in [-0.39, 0.29) is 11.2 Å². The lowest BCUT2D eigenvalue weighted by Crippen LogP contribution is -2.29. The summed E-state index contributed by atoms with van der Waals surface area (Å²) in [4.78, 5) is 28.1. The monoisotopic (exact) mass is 317 g/mol. The topological polar surface area (TPSA) is 91.9 Å². The Morgan fingerprint density at radius 2 is 2.17 bits per heavy atom. The SMILES string of the molecule is COC(=O)C(C)n1cnc2c(nnn2-c2cccc(F)c2)c1=O. The first-order chi connectivity index (χ1) is 11.0. The summed E-state index contributed by atoms with van der Waals surface area (Å²) in [6.07, 6.45) is 1.21. The van der Waals surface area contributed by atoms with Crippen LogP contribution in [0.15, 0.2) is 35.4 Å². The van der Waals surface area contributed by atoms with Gasteiger partial charge in [0.25, 0.3) is 5.56 Å². The summed E-state index contributed by atoms with van der Waals surface area (Å²) in [6, 6.07) is 4.82. The molecule has 118 valence electrons. The van der Waals surface area contributed by atoms with Gasteiger partial charge in [0.2, 0.25) is 0 Å². The number of halogens is 1. The molecule has 8 nitrogen and oxygen atoms in total. The zero-order chi connectivity index (χ0) is 16.6. The second kappa shape index (κ2) is 5.59. The van der Waals surface area contributed by atoms with Gasteiger partial charge in [-0.2, -0.15) is 4.68 Å². The van der Waals surface area contributed by atoms with Crippen molar-refractivity contribution in [2.24, 2.45) is 0 Å². The van der Waals surface area contributed by atoms with Crippen LogP contribution in [0.25, 0.3) is 16.9 Å². The summed E-state index contributed by atoms with van der Waals surface area (Å²) in [5.41, 5.74) is 0.00940. The van der Waals surface area contributed by atoms with Crippen LogP contribution >= 0.6 is 0 Å². The van der Waals surface area contributed by atoms with Crippen molar-refractivity contribution in [1.82, 2.24) is 24.5 Å². The molecule has 0 aliphatic heterocycles. The molecule has 3 aromatic rings. The number of methoxy groups -OCH3 is 1. The van der Waals surface area contributed by atoms with Crippen LogP contribution in [0.5, 0.6) is 0 Å². The summed E-state index contributed by atoms with van der Waals surface area (Å²) < 4.78 is 20.3. The Hall–Kier alpha value is -3.10. The third-order valence-electron chi connectivity index (χ3n) is 3.40. The molecule has 2 aromatic heterocycles. The molecule has 0 aliphatic rings. The molecule has 0 bridgehead atoms. The molecule has 1 atom stereocenters. The van der Waals surface area contributed by atoms with Crippen molar-refractivity contribution in [2.75, 3.05) is 7.11 Å². The van der Waals surface area contributed by atoms with Crippen molar-refractivity contribution in [1.29, 1.82) is 0 Å². The summed E-state index contributed by atoms with van der Waals surface area (Å²) >= 11 is 0. The Balaban J connectivity index is 2.15. The number of benzene rings is 1. The number of ether oxygens (including phenoxy) is 1. The van der Waals surface area contributed by atoms with Crippen molar-refractivity contribution in [3.05, 3.63) is 46.8 Å². The van der Waals surface area contributed by atoms with Gasteiger partial charge in [0.15, 0.2) is 11.2 Å². The smallest absolute Gasteiger partial charge is 0.328 e. The van der Waals surface area contributed by atoms with Gasteiger partial charge in [-0.15, -0.1) is 5.10 Å². The first-order valence-electron chi connectivity index (χ1n) is 6.69. The number of hydrogen-bond acceptors (Lipinski definition) is 6. The number of rotatable bonds is 3. The van der Waals surface area contributed by atoms with E-state index in [9.17, 15) is 14.0 Å². The standard InChI is InChI=1S/C14H12FN5O3/c1-8(14(22)23-2)19-7-16-12-11(13(19)21)17-18-20(12)10-5-3-4-9(15)6-10/h3-8H,1-2H3. The van der Waals surface area contributed by atoms with Gasteiger partial charge in [0.05, 0.1) is 12.8 Å². The van der Waals surface area contributed by atoms with Crippen molar-refractivity contribution in [3.63, 3.8) is 0 Å². The highest BCUT2D eigenvalue weighted by Crippen LogP contribution is 2.14. The minimum absolute atomic E-state index is 0.0208. The van der Waals surface area contributed by atoms with Gasteiger partial charge in [-0.05, 0) is 25.1 Å². The van der Waals surface area contributed by atoms with E-state index in [4.69, 9.17) is 0 Å². The quantitative estimate of drug-likeness (QED) is 0.665. The Kier molecular flexibility index (Phi) is 3.61. The molecule has 1 unspecified atom stereocenters. The number of esters is 1. The van der Waals surface area contributed by atoms with Crippen LogP contribution in [0.3, 0.4) is 0 Å². The highest BCUT2D eigenvalue weighted by molar-refractivity contribution is 5.75. The Morgan fingerprint density at radius 3 is 2.87 bits per heavy atom. The van der Waals surface area contributed by atoms with Crippen molar-refractivity contribution in [3.8, 4) is 5.69 Å². The second-order valence-electron chi connectivity index (χ2n) is 4.81. The average Bonchev–Trinajstić information content (AvgIpc) is 2.99. The lowest BCUT2D eigenvalue weighted by molar-refractivity contribution is -0.144. The highest BCUT2D eigenvalue weighted by atomic mass is 19.1. The van der Waals surface area contributed by atoms with E-state index >= 15 is 0 Å². The van der Waals surface area contributed by atoms with Gasteiger partial charge < -0.3 is 4.74 Å². The van der Waals surface area contributed by atoms with Crippen LogP contribution in [0.4, 0.5) is 4.39 Å². The molecular weight excluding hydrogens is 305 g/mol. The Bertz CT molecular complexity index is 949. The van der Waals surface area contributed by atoms with Gasteiger partial charge in [-0.1, -0.05) is 11.3 Å². The lowest BCUT2D eigenvalue weighted by Gasteiger charge is -2.11. The maximum absolute atomic E-state index is 13.3. The first kappa shape index (κ1) is 14.8. The third-order valence-corrected chi connectivity index (χ3v) is 3.40. The average molecular weight is 317 g/mol. The van der Waals surface area contributed by atoms with Crippen molar-refractivity contribution < 1.29 is 13.9 Å². The molecule has 0 radical (unpaired) electrons. The summed E-state index contributed by atoms with van der Waals surface area (Å²) in [5.74, 6) is -1.02. The molecule has 0 saturated carbocycles. The maximum atomic E-state index is 13.3. The van der Waals surface area contributed by atoms with Crippen molar-refractivity contribution in [2.45, 2.75) is 13.0 Å². The van der Waals surface area contributed by atoms with E-state index in [0.29, 0.717) is 5.69 Å². The van der Waals surface area contributed by atoms with Crippen molar-refractivity contribution >= 4 is 17.1 Å². The van der Waals surface area contributed by atoms with Crippen LogP contribution < -0.4 is 5.56 Å². The van der Waals surface area contributed by atoms with Crippen LogP contribution in [0, 0.1) is 5.82 Å². The van der Waals surface area contributed by atoms with E-state index in [1.807, 2.05) is 0 Å². The lowest BCUT2D eigenvalue weighted by atomic mass is 10.3. The van der Waals surface area contributed by atoms with Crippen LogP contribution in [-0.2, 0) is 9.53 Å². The van der Waals surface area contributed by atoms with E-state index in [0.717, 1.165) is 4.57 Å². The van der Waals surface area contributed by atoms with Crippen LogP contribution in [0.2, 0.25) is 0 Å². The molecular formula is C14H12FN5O3. The maximum Gasteiger partial charge on any atom is 0.328 e. The van der Waals surface area contributed by atoms with Gasteiger partial charge in [-0.3, -0.25) is 9.36 Å². The molecule has 0 fully saturated rings. The fourth-order valence-electron chi connectivity index (χ4n) is 2.16. The Labute approximate surface area is 129 Å². The minimum atomic E-state index is -0.844. The van der Waals surface area contributed by atoms with Gasteiger partial charge >= 0.3 is 5.97 Å². The Morgan fingerprint density at radius 1 is 1.39 bits per heavy atom. The van der Waals surface area contributed by atoms with Gasteiger partial charge in [0.1, 0.15) is 18.2 Å². The van der Waals surface area contributed by atoms with E-state index in [2.05, 4.69) is 20.0 Å². The molecule has 0 spiro atoms. The van der Waals surface area contributed by atoms with E-state index in [1.165, 1.54) is 43.2 Å². The number of hydrogen-bond donors (Lipinski definition) is 0. The number of nitrogens with zero attached hydrogens (tertiary/aromatic N) is 5. The predicted octanol–water partition coefficient (Wildman–Crippen LogP) is 0.850. The zero-order valence-corrected chi connectivity index (χ0v) is 12.3. The number of fused-ring (bicyclic) bond motifs is 1. The second-order valence-corrected chi connectivity index (χ2v) is 4.81. The highest BCUT2D eigenvalue weighted by Gasteiger charge is 2.20. The molecule has 2 heterocycles. The summed E-state index contributed by atoms with van der Waals surface area (Å²) in [6.45, 7) is 1.51. The molecule has 0 saturated heterocycles. The number of carbonyl (C=O) groups is 1. The van der Waals surface area contributed by atoms with Crippen LogP contribution in [-0.4, -0.2) is 37.6 Å². The molecule has 23 heavy (non-hydrogen) atoms. The molecule has 3 rings (SSSR count). The number of aromatic nitrogens is 5. The molecule has 9 heteroatoms. The van der Waals surface area contributed by atoms with Gasteiger partial charge in [0, 0.05) is 0 Å². The third kappa shape index (κ3) is 2.45. The predicted molar refractivity (Wildman–Crippen MR) is 77.6 cm³/mol. The van der Waals surface area contributed by atoms with Gasteiger partial charge in [-0.25, -0.2) is 14.2 Å². The molecule has 1 aromatic carbocycles. The summed E-state index contributed by atoms with van der Waals surface area (Å²) in [7, 11) is 1.23. The fraction of sp³-hybridized carbons (Fsp3) is 0.214. The largest absolute Gasteiger partial charge is 0.467 e. The normalized spacial score (nSPS) is 12.3. The minimum Gasteiger partial charge on any atom is -0.467 e. The van der Waals surface area contributed by atoms with E-state index in [1.54, 1.807) is 6.07 Å². The molecule has 0 amide bonds. The first-order valence-corrected chi connectivity index (χ1v) is 6.69. The molecule has 0 N–H and O–H groups in total. The summed E-state index contributed by atoms with van der Waals surface area (Å²) in [5, 5.41) is 7.64. The fourth-order valence-corrected chi connectivity index (χ4v) is 2.16. The van der Waals surface area contributed by atoms with Crippen LogP contribution in [0.1, 0.15) is 13.0 Å². The molecule has 0 aliphatic carbocycles. The number of carbonyl (C=O) groups excluding carboxylic acids is 1.